The third-order valence-electron chi connectivity index (χ3n) is 2.57. The van der Waals surface area contributed by atoms with E-state index < -0.39 is 17.0 Å². The highest BCUT2D eigenvalue weighted by molar-refractivity contribution is 5.93. The molecule has 0 spiro atoms. The fraction of sp³-hybridized carbons (Fsp3) is 0.500. The highest BCUT2D eigenvalue weighted by Crippen LogP contribution is 1.90. The number of aromatic nitrogens is 2. The van der Waals surface area contributed by atoms with Gasteiger partial charge in [0.2, 0.25) is 5.91 Å². The molecular formula is C12H17N3O4. The molecule has 1 heterocycles. The van der Waals surface area contributed by atoms with E-state index in [1.165, 1.54) is 6.92 Å². The lowest BCUT2D eigenvalue weighted by molar-refractivity contribution is -0.121. The number of aromatic amines is 1. The number of rotatable bonds is 6. The van der Waals surface area contributed by atoms with Crippen molar-refractivity contribution in [3.8, 4) is 0 Å². The number of carbonyl (C=O) groups is 2. The number of nitrogens with one attached hydrogen (secondary N) is 2. The van der Waals surface area contributed by atoms with Crippen molar-refractivity contribution >= 4 is 11.7 Å². The van der Waals surface area contributed by atoms with Gasteiger partial charge in [-0.3, -0.25) is 19.0 Å². The van der Waals surface area contributed by atoms with Crippen LogP contribution in [0, 0.1) is 0 Å². The van der Waals surface area contributed by atoms with Gasteiger partial charge in [0.25, 0.3) is 5.56 Å². The second-order valence-corrected chi connectivity index (χ2v) is 4.12. The van der Waals surface area contributed by atoms with E-state index in [0.29, 0.717) is 6.54 Å². The summed E-state index contributed by atoms with van der Waals surface area (Å²) in [5, 5.41) is 2.65. The van der Waals surface area contributed by atoms with Crippen molar-refractivity contribution in [1.82, 2.24) is 14.9 Å². The molecule has 2 N–H and O–H groups in total. The van der Waals surface area contributed by atoms with Gasteiger partial charge in [0.1, 0.15) is 0 Å². The number of hydrogen-bond donors (Lipinski definition) is 2. The summed E-state index contributed by atoms with van der Waals surface area (Å²) in [7, 11) is 0. The Balaban J connectivity index is 2.87. The molecule has 0 saturated heterocycles. The minimum Gasteiger partial charge on any atom is -0.356 e. The molecule has 0 aromatic carbocycles. The van der Waals surface area contributed by atoms with Crippen LogP contribution in [0.3, 0.4) is 0 Å². The number of carbonyl (C=O) groups excluding carboxylic acids is 2. The van der Waals surface area contributed by atoms with Gasteiger partial charge in [-0.15, -0.1) is 0 Å². The zero-order valence-corrected chi connectivity index (χ0v) is 11.0. The predicted octanol–water partition coefficient (Wildman–Crippen LogP) is -0.344. The molecule has 0 aliphatic rings. The van der Waals surface area contributed by atoms with Gasteiger partial charge in [-0.05, 0) is 13.3 Å². The van der Waals surface area contributed by atoms with Crippen LogP contribution in [0.25, 0.3) is 0 Å². The first-order valence-corrected chi connectivity index (χ1v) is 6.07. The number of H-pyrrole nitrogens is 1. The largest absolute Gasteiger partial charge is 0.356 e. The van der Waals surface area contributed by atoms with Gasteiger partial charge >= 0.3 is 5.69 Å². The Kier molecular flexibility index (Phi) is 5.23. The van der Waals surface area contributed by atoms with Crippen LogP contribution >= 0.6 is 0 Å². The molecular weight excluding hydrogens is 250 g/mol. The van der Waals surface area contributed by atoms with E-state index in [4.69, 9.17) is 0 Å². The Morgan fingerprint density at radius 2 is 2.05 bits per heavy atom. The lowest BCUT2D eigenvalue weighted by Crippen LogP contribution is -2.39. The molecule has 0 aliphatic heterocycles. The monoisotopic (exact) mass is 267 g/mol. The van der Waals surface area contributed by atoms with Crippen molar-refractivity contribution in [3.05, 3.63) is 32.6 Å². The van der Waals surface area contributed by atoms with Crippen molar-refractivity contribution in [2.75, 3.05) is 6.54 Å². The third kappa shape index (κ3) is 3.90. The molecule has 104 valence electrons. The van der Waals surface area contributed by atoms with Gasteiger partial charge in [0, 0.05) is 25.7 Å². The standard InChI is InChI=1S/C12H17N3O4/c1-3-5-13-10(17)4-6-15-11(18)9(8(2)16)7-14-12(15)19/h7H,3-6H2,1-2H3,(H,13,17)(H,14,19). The topological polar surface area (TPSA) is 101 Å². The lowest BCUT2D eigenvalue weighted by Gasteiger charge is -2.06. The SMILES string of the molecule is CCCNC(=O)CCn1c(=O)[nH]cc(C(C)=O)c1=O. The van der Waals surface area contributed by atoms with Crippen LogP contribution < -0.4 is 16.6 Å². The molecule has 1 amide bonds. The van der Waals surface area contributed by atoms with Gasteiger partial charge in [-0.25, -0.2) is 4.79 Å². The summed E-state index contributed by atoms with van der Waals surface area (Å²) >= 11 is 0. The van der Waals surface area contributed by atoms with Crippen molar-refractivity contribution in [2.45, 2.75) is 33.2 Å². The average Bonchev–Trinajstić information content (AvgIpc) is 2.35. The van der Waals surface area contributed by atoms with E-state index in [1.807, 2.05) is 6.92 Å². The van der Waals surface area contributed by atoms with Crippen LogP contribution in [0.1, 0.15) is 37.0 Å². The Morgan fingerprint density at radius 1 is 1.37 bits per heavy atom. The van der Waals surface area contributed by atoms with E-state index in [0.717, 1.165) is 17.2 Å². The molecule has 0 unspecified atom stereocenters. The first kappa shape index (κ1) is 14.9. The Labute approximate surface area is 109 Å². The van der Waals surface area contributed by atoms with Crippen molar-refractivity contribution < 1.29 is 9.59 Å². The Morgan fingerprint density at radius 3 is 2.63 bits per heavy atom. The minimum absolute atomic E-state index is 0.0182. The molecule has 1 rings (SSSR count). The number of amides is 1. The van der Waals surface area contributed by atoms with Crippen LogP contribution in [0.2, 0.25) is 0 Å². The fourth-order valence-electron chi connectivity index (χ4n) is 1.53. The molecule has 1 aromatic heterocycles. The summed E-state index contributed by atoms with van der Waals surface area (Å²) < 4.78 is 0.863. The van der Waals surface area contributed by atoms with Crippen LogP contribution in [0.5, 0.6) is 0 Å². The van der Waals surface area contributed by atoms with Crippen molar-refractivity contribution in [3.63, 3.8) is 0 Å². The summed E-state index contributed by atoms with van der Waals surface area (Å²) in [5.74, 6) is -0.660. The van der Waals surface area contributed by atoms with Gasteiger partial charge in [0.05, 0.1) is 5.56 Å². The van der Waals surface area contributed by atoms with Crippen LogP contribution in [-0.2, 0) is 11.3 Å². The third-order valence-corrected chi connectivity index (χ3v) is 2.57. The quantitative estimate of drug-likeness (QED) is 0.688. The van der Waals surface area contributed by atoms with Gasteiger partial charge in [-0.1, -0.05) is 6.92 Å². The molecule has 0 atom stereocenters. The van der Waals surface area contributed by atoms with Crippen molar-refractivity contribution in [2.24, 2.45) is 0 Å². The average molecular weight is 267 g/mol. The summed E-state index contributed by atoms with van der Waals surface area (Å²) in [6.07, 6.45) is 1.93. The van der Waals surface area contributed by atoms with E-state index >= 15 is 0 Å². The smallest absolute Gasteiger partial charge is 0.328 e. The maximum Gasteiger partial charge on any atom is 0.328 e. The number of Topliss-reactive ketones (excluding diaryl/α,β-unsaturated/α-hetero) is 1. The highest BCUT2D eigenvalue weighted by atomic mass is 16.2. The molecule has 7 nitrogen and oxygen atoms in total. The molecule has 0 fully saturated rings. The normalized spacial score (nSPS) is 10.2. The predicted molar refractivity (Wildman–Crippen MR) is 69.2 cm³/mol. The van der Waals surface area contributed by atoms with E-state index in [2.05, 4.69) is 10.3 Å². The first-order valence-electron chi connectivity index (χ1n) is 6.07. The van der Waals surface area contributed by atoms with E-state index in [-0.39, 0.29) is 24.4 Å². The lowest BCUT2D eigenvalue weighted by atomic mass is 10.2. The van der Waals surface area contributed by atoms with Gasteiger partial charge < -0.3 is 10.3 Å². The van der Waals surface area contributed by atoms with Crippen molar-refractivity contribution in [1.29, 1.82) is 0 Å². The van der Waals surface area contributed by atoms with Gasteiger partial charge in [-0.2, -0.15) is 0 Å². The van der Waals surface area contributed by atoms with Crippen LogP contribution in [-0.4, -0.2) is 27.8 Å². The maximum absolute atomic E-state index is 11.8. The van der Waals surface area contributed by atoms with E-state index in [9.17, 15) is 19.2 Å². The summed E-state index contributed by atoms with van der Waals surface area (Å²) in [4.78, 5) is 48.3. The molecule has 7 heteroatoms. The molecule has 19 heavy (non-hydrogen) atoms. The Bertz CT molecular complexity index is 585. The summed E-state index contributed by atoms with van der Waals surface area (Å²) in [6, 6.07) is 0. The number of nitrogens with zero attached hydrogens (tertiary/aromatic N) is 1. The Hall–Kier alpha value is -2.18. The minimum atomic E-state index is -0.667. The summed E-state index contributed by atoms with van der Waals surface area (Å²) in [5.41, 5.74) is -1.38. The second-order valence-electron chi connectivity index (χ2n) is 4.12. The molecule has 0 saturated carbocycles. The maximum atomic E-state index is 11.8. The number of ketones is 1. The first-order chi connectivity index (χ1) is 8.97. The van der Waals surface area contributed by atoms with Crippen LogP contribution in [0.4, 0.5) is 0 Å². The second kappa shape index (κ2) is 6.67. The summed E-state index contributed by atoms with van der Waals surface area (Å²) in [6.45, 7) is 3.67. The highest BCUT2D eigenvalue weighted by Gasteiger charge is 2.11. The molecule has 1 aromatic rings. The number of hydrogen-bond acceptors (Lipinski definition) is 4. The molecule has 0 bridgehead atoms. The zero-order chi connectivity index (χ0) is 14.4. The van der Waals surface area contributed by atoms with Crippen LogP contribution in [0.15, 0.2) is 15.8 Å². The molecule has 0 radical (unpaired) electrons. The zero-order valence-electron chi connectivity index (χ0n) is 11.0. The fourth-order valence-corrected chi connectivity index (χ4v) is 1.53. The van der Waals surface area contributed by atoms with E-state index in [1.54, 1.807) is 0 Å². The molecule has 0 aliphatic carbocycles. The van der Waals surface area contributed by atoms with Gasteiger partial charge in [0.15, 0.2) is 5.78 Å².